The molecule has 1 aliphatic heterocycles. The van der Waals surface area contributed by atoms with Gasteiger partial charge in [-0.3, -0.25) is 24.0 Å². The van der Waals surface area contributed by atoms with E-state index in [2.05, 4.69) is 41.7 Å². The number of hydrogen-bond acceptors (Lipinski definition) is 6. The molecule has 11 heteroatoms. The fourth-order valence-electron chi connectivity index (χ4n) is 7.41. The minimum absolute atomic E-state index is 0.0777. The van der Waals surface area contributed by atoms with E-state index >= 15 is 0 Å². The van der Waals surface area contributed by atoms with Crippen molar-refractivity contribution < 1.29 is 28.8 Å². The molecule has 1 heterocycles. The Hall–Kier alpha value is -3.24. The minimum atomic E-state index is -1.03. The van der Waals surface area contributed by atoms with E-state index in [1.165, 1.54) is 6.08 Å². The van der Waals surface area contributed by atoms with Crippen LogP contribution in [0.1, 0.15) is 114 Å². The van der Waals surface area contributed by atoms with Crippen LogP contribution in [0.3, 0.4) is 0 Å². The molecular formula is C36H59N5O6. The first-order chi connectivity index (χ1) is 21.7. The third kappa shape index (κ3) is 8.82. The fraction of sp³-hybridized carbons (Fsp3) is 0.778. The summed E-state index contributed by atoms with van der Waals surface area (Å²) in [6.07, 6.45) is 6.75. The van der Waals surface area contributed by atoms with E-state index in [1.54, 1.807) is 4.90 Å². The summed E-state index contributed by atoms with van der Waals surface area (Å²) in [5, 5.41) is 11.4. The van der Waals surface area contributed by atoms with Gasteiger partial charge in [-0.15, -0.1) is 6.58 Å². The van der Waals surface area contributed by atoms with E-state index in [-0.39, 0.29) is 48.3 Å². The van der Waals surface area contributed by atoms with Crippen molar-refractivity contribution in [2.75, 3.05) is 13.1 Å². The molecule has 3 rings (SSSR count). The topological polar surface area (TPSA) is 154 Å². The van der Waals surface area contributed by atoms with Gasteiger partial charge in [-0.05, 0) is 41.9 Å². The molecule has 0 aromatic rings. The first kappa shape index (κ1) is 38.2. The van der Waals surface area contributed by atoms with Gasteiger partial charge in [0, 0.05) is 30.5 Å². The number of ketones is 2. The molecule has 2 aliphatic carbocycles. The number of Topliss-reactive ketones (excluding diaryl/α,β-unsaturated/α-hetero) is 2. The summed E-state index contributed by atoms with van der Waals surface area (Å²) in [6.45, 7) is 21.3. The van der Waals surface area contributed by atoms with E-state index in [9.17, 15) is 28.8 Å². The highest BCUT2D eigenvalue weighted by Crippen LogP contribution is 2.65. The lowest BCUT2D eigenvalue weighted by atomic mass is 9.74. The third-order valence-corrected chi connectivity index (χ3v) is 10.5. The molecule has 0 bridgehead atoms. The van der Waals surface area contributed by atoms with Crippen LogP contribution in [0.25, 0.3) is 0 Å². The van der Waals surface area contributed by atoms with Crippen LogP contribution in [-0.2, 0) is 24.0 Å². The molecule has 4 N–H and O–H groups in total. The molecular weight excluding hydrogens is 598 g/mol. The zero-order chi connectivity index (χ0) is 35.5. The smallest absolute Gasteiger partial charge is 0.315 e. The molecule has 0 aromatic heterocycles. The predicted octanol–water partition coefficient (Wildman–Crippen LogP) is 4.05. The molecule has 0 radical (unpaired) electrons. The number of likely N-dealkylation sites (tertiary alicyclic amines) is 1. The quantitative estimate of drug-likeness (QED) is 0.173. The van der Waals surface area contributed by atoms with Crippen molar-refractivity contribution in [2.45, 2.75) is 137 Å². The van der Waals surface area contributed by atoms with Crippen LogP contribution in [0, 0.1) is 28.1 Å². The van der Waals surface area contributed by atoms with Crippen LogP contribution in [0.2, 0.25) is 0 Å². The van der Waals surface area contributed by atoms with Crippen molar-refractivity contribution in [1.29, 1.82) is 0 Å². The lowest BCUT2D eigenvalue weighted by Crippen LogP contribution is -2.63. The van der Waals surface area contributed by atoms with Crippen LogP contribution in [0.15, 0.2) is 12.7 Å². The van der Waals surface area contributed by atoms with Crippen LogP contribution in [-0.4, -0.2) is 77.0 Å². The Bertz CT molecular complexity index is 1240. The molecule has 11 nitrogen and oxygen atoms in total. The maximum absolute atomic E-state index is 14.4. The fourth-order valence-corrected chi connectivity index (χ4v) is 7.41. The standard InChI is InChI=1S/C36H59N5O6/c1-11-16-23(27(43)30(45)37-19-12-2)38-29(44)26-25-22(35(25,9)10)21-41(26)31(46)28(34(6,7)8)39-32(47)40-36(17-14-13-15-18-36)20-24(42)33(3,4)5/h12,22-23,25-26,28H,2,11,13-21H2,1,3-10H3,(H,37,45)(H,38,44)(H2,39,40,47)/t22-,23?,25-,26-,28+/m0/s1. The highest BCUT2D eigenvalue weighted by molar-refractivity contribution is 6.38. The number of carbonyl (C=O) groups is 6. The third-order valence-electron chi connectivity index (χ3n) is 10.5. The van der Waals surface area contributed by atoms with Gasteiger partial charge in [-0.25, -0.2) is 4.79 Å². The molecule has 2 saturated carbocycles. The Balaban J connectivity index is 1.83. The molecule has 5 amide bonds. The van der Waals surface area contributed by atoms with Gasteiger partial charge in [-0.2, -0.15) is 0 Å². The van der Waals surface area contributed by atoms with Gasteiger partial charge in [0.1, 0.15) is 17.9 Å². The number of fused-ring (bicyclic) bond motifs is 1. The Morgan fingerprint density at radius 1 is 0.957 bits per heavy atom. The maximum Gasteiger partial charge on any atom is 0.315 e. The van der Waals surface area contributed by atoms with Gasteiger partial charge in [0.15, 0.2) is 0 Å². The molecule has 0 aromatic carbocycles. The number of piperidine rings is 1. The number of carbonyl (C=O) groups excluding carboxylic acids is 6. The van der Waals surface area contributed by atoms with Crippen molar-refractivity contribution >= 4 is 35.3 Å². The first-order valence-corrected chi connectivity index (χ1v) is 17.4. The van der Waals surface area contributed by atoms with E-state index in [4.69, 9.17) is 0 Å². The first-order valence-electron chi connectivity index (χ1n) is 17.4. The average Bonchev–Trinajstić information content (AvgIpc) is 3.28. The van der Waals surface area contributed by atoms with Crippen molar-refractivity contribution in [3.63, 3.8) is 0 Å². The second-order valence-corrected chi connectivity index (χ2v) is 16.7. The zero-order valence-electron chi connectivity index (χ0n) is 30.1. The van der Waals surface area contributed by atoms with Gasteiger partial charge in [0.25, 0.3) is 5.91 Å². The second kappa shape index (κ2) is 14.5. The number of rotatable bonds is 13. The number of nitrogens with zero attached hydrogens (tertiary/aromatic N) is 1. The summed E-state index contributed by atoms with van der Waals surface area (Å²) >= 11 is 0. The van der Waals surface area contributed by atoms with E-state index in [1.807, 2.05) is 48.5 Å². The molecule has 5 atom stereocenters. The highest BCUT2D eigenvalue weighted by Gasteiger charge is 2.70. The van der Waals surface area contributed by atoms with Gasteiger partial charge >= 0.3 is 6.03 Å². The lowest BCUT2D eigenvalue weighted by Gasteiger charge is -2.41. The lowest BCUT2D eigenvalue weighted by molar-refractivity contribution is -0.145. The van der Waals surface area contributed by atoms with Gasteiger partial charge in [0.05, 0.1) is 6.04 Å². The maximum atomic E-state index is 14.4. The number of urea groups is 1. The monoisotopic (exact) mass is 657 g/mol. The van der Waals surface area contributed by atoms with Crippen LogP contribution in [0.4, 0.5) is 4.79 Å². The molecule has 264 valence electrons. The zero-order valence-corrected chi connectivity index (χ0v) is 30.1. The van der Waals surface area contributed by atoms with E-state index in [0.717, 1.165) is 19.3 Å². The summed E-state index contributed by atoms with van der Waals surface area (Å²) in [5.41, 5.74) is -2.11. The Kier molecular flexibility index (Phi) is 11.8. The van der Waals surface area contributed by atoms with Crippen molar-refractivity contribution in [3.05, 3.63) is 12.7 Å². The summed E-state index contributed by atoms with van der Waals surface area (Å²) < 4.78 is 0. The van der Waals surface area contributed by atoms with Crippen LogP contribution in [0.5, 0.6) is 0 Å². The predicted molar refractivity (Wildman–Crippen MR) is 181 cm³/mol. The minimum Gasteiger partial charge on any atom is -0.346 e. The normalized spacial score (nSPS) is 24.2. The molecule has 0 spiro atoms. The van der Waals surface area contributed by atoms with Gasteiger partial charge in [0.2, 0.25) is 17.6 Å². The van der Waals surface area contributed by atoms with Crippen LogP contribution < -0.4 is 21.3 Å². The highest BCUT2D eigenvalue weighted by atomic mass is 16.2. The van der Waals surface area contributed by atoms with E-state index < -0.39 is 58.1 Å². The summed E-state index contributed by atoms with van der Waals surface area (Å²) in [5.74, 6) is -2.34. The summed E-state index contributed by atoms with van der Waals surface area (Å²) in [4.78, 5) is 82.1. The second-order valence-electron chi connectivity index (χ2n) is 16.7. The largest absolute Gasteiger partial charge is 0.346 e. The number of amides is 5. The van der Waals surface area contributed by atoms with Crippen molar-refractivity contribution in [1.82, 2.24) is 26.2 Å². The molecule has 1 saturated heterocycles. The summed E-state index contributed by atoms with van der Waals surface area (Å²) in [6, 6.07) is -3.35. The summed E-state index contributed by atoms with van der Waals surface area (Å²) in [7, 11) is 0. The van der Waals surface area contributed by atoms with Crippen molar-refractivity contribution in [3.8, 4) is 0 Å². The Morgan fingerprint density at radius 2 is 1.57 bits per heavy atom. The molecule has 3 fully saturated rings. The van der Waals surface area contributed by atoms with Gasteiger partial charge < -0.3 is 26.2 Å². The molecule has 1 unspecified atom stereocenters. The average molecular weight is 658 g/mol. The SMILES string of the molecule is C=CCNC(=O)C(=O)C(CCC)NC(=O)[C@@H]1[C@@H]2[C@H](CN1C(=O)[C@@H](NC(=O)NC1(CC(=O)C(C)(C)C)CCCCC1)C(C)(C)C)C2(C)C. The van der Waals surface area contributed by atoms with Crippen molar-refractivity contribution in [2.24, 2.45) is 28.1 Å². The Labute approximate surface area is 281 Å². The number of hydrogen-bond donors (Lipinski definition) is 4. The van der Waals surface area contributed by atoms with E-state index in [0.29, 0.717) is 25.8 Å². The number of nitrogens with one attached hydrogen (secondary N) is 4. The van der Waals surface area contributed by atoms with Gasteiger partial charge in [-0.1, -0.05) is 94.1 Å². The Morgan fingerprint density at radius 3 is 2.11 bits per heavy atom. The molecule has 3 aliphatic rings. The molecule has 47 heavy (non-hydrogen) atoms. The van der Waals surface area contributed by atoms with Crippen LogP contribution >= 0.6 is 0 Å².